The molecule has 3 aromatic rings. The largest absolute Gasteiger partial charge is 0.492 e. The van der Waals surface area contributed by atoms with E-state index in [0.717, 1.165) is 25.7 Å². The summed E-state index contributed by atoms with van der Waals surface area (Å²) in [5.41, 5.74) is 4.92. The summed E-state index contributed by atoms with van der Waals surface area (Å²) in [6, 6.07) is 6.20. The van der Waals surface area contributed by atoms with Gasteiger partial charge in [0, 0.05) is 18.7 Å². The molecule has 10 nitrogen and oxygen atoms in total. The summed E-state index contributed by atoms with van der Waals surface area (Å²) >= 11 is 0. The van der Waals surface area contributed by atoms with Gasteiger partial charge in [0.05, 0.1) is 23.9 Å². The highest BCUT2D eigenvalue weighted by atomic mass is 19.3. The van der Waals surface area contributed by atoms with Gasteiger partial charge in [-0.3, -0.25) is 14.0 Å². The van der Waals surface area contributed by atoms with Gasteiger partial charge in [-0.15, -0.1) is 0 Å². The molecule has 0 atom stereocenters. The molecule has 12 heteroatoms. The highest BCUT2D eigenvalue weighted by molar-refractivity contribution is 5.99. The number of carbonyl (C=O) groups excluding carboxylic acids is 2. The van der Waals surface area contributed by atoms with Crippen molar-refractivity contribution in [2.24, 2.45) is 11.1 Å². The van der Waals surface area contributed by atoms with Crippen molar-refractivity contribution in [3.63, 3.8) is 0 Å². The fraction of sp³-hybridized carbons (Fsp3) is 0.481. The highest BCUT2D eigenvalue weighted by Crippen LogP contribution is 2.56. The number of alkyl halides is 2. The monoisotopic (exact) mass is 543 g/mol. The smallest absolute Gasteiger partial charge is 0.295 e. The van der Waals surface area contributed by atoms with Gasteiger partial charge >= 0.3 is 0 Å². The standard InChI is InChI=1S/C27H31F2N5O5/c1-26(2,37)7-9-38-16-5-6-19-20(33-23(21(28)29)34(19)14-16)24(36)32-15-10-27(11-15)12-17(13-27)39-25-18(22(30)35)4-3-8-31-25/h3-6,8,14-15,17,21,37H,7,9-13H2,1-2H3,(H2,30,35)(H,32,36). The van der Waals surface area contributed by atoms with Crippen LogP contribution in [0.4, 0.5) is 8.78 Å². The fourth-order valence-electron chi connectivity index (χ4n) is 5.41. The number of aliphatic hydroxyl groups is 1. The van der Waals surface area contributed by atoms with Gasteiger partial charge in [-0.25, -0.2) is 18.7 Å². The molecule has 2 saturated carbocycles. The van der Waals surface area contributed by atoms with Crippen LogP contribution in [-0.4, -0.2) is 55.6 Å². The Balaban J connectivity index is 1.19. The number of fused-ring (bicyclic) bond motifs is 1. The van der Waals surface area contributed by atoms with Crippen molar-refractivity contribution in [3.05, 3.63) is 53.7 Å². The van der Waals surface area contributed by atoms with Gasteiger partial charge < -0.3 is 25.6 Å². The zero-order chi connectivity index (χ0) is 27.9. The number of nitrogens with two attached hydrogens (primary N) is 1. The van der Waals surface area contributed by atoms with Crippen molar-refractivity contribution in [1.82, 2.24) is 19.7 Å². The molecule has 1 spiro atoms. The Labute approximate surface area is 223 Å². The van der Waals surface area contributed by atoms with E-state index in [1.165, 1.54) is 22.9 Å². The predicted octanol–water partition coefficient (Wildman–Crippen LogP) is 3.43. The van der Waals surface area contributed by atoms with Crippen LogP contribution in [0, 0.1) is 5.41 Å². The molecule has 4 N–H and O–H groups in total. The Morgan fingerprint density at radius 3 is 2.67 bits per heavy atom. The number of pyridine rings is 2. The first kappa shape index (κ1) is 26.8. The van der Waals surface area contributed by atoms with E-state index in [4.69, 9.17) is 15.2 Å². The summed E-state index contributed by atoms with van der Waals surface area (Å²) in [6.45, 7) is 3.50. The van der Waals surface area contributed by atoms with Gasteiger partial charge in [0.15, 0.2) is 11.5 Å². The minimum Gasteiger partial charge on any atom is -0.492 e. The maximum atomic E-state index is 13.7. The molecule has 2 aliphatic carbocycles. The quantitative estimate of drug-likeness (QED) is 0.356. The van der Waals surface area contributed by atoms with E-state index in [1.54, 1.807) is 32.0 Å². The lowest BCUT2D eigenvalue weighted by Crippen LogP contribution is -2.58. The van der Waals surface area contributed by atoms with Crippen molar-refractivity contribution in [3.8, 4) is 11.6 Å². The Morgan fingerprint density at radius 2 is 2.00 bits per heavy atom. The molecule has 0 aliphatic heterocycles. The van der Waals surface area contributed by atoms with Crippen LogP contribution >= 0.6 is 0 Å². The lowest BCUT2D eigenvalue weighted by Gasteiger charge is -2.57. The zero-order valence-corrected chi connectivity index (χ0v) is 21.7. The van der Waals surface area contributed by atoms with Crippen LogP contribution in [0.3, 0.4) is 0 Å². The van der Waals surface area contributed by atoms with E-state index in [9.17, 15) is 23.5 Å². The van der Waals surface area contributed by atoms with Gasteiger partial charge in [0.1, 0.15) is 17.4 Å². The van der Waals surface area contributed by atoms with E-state index in [2.05, 4.69) is 15.3 Å². The average Bonchev–Trinajstić information content (AvgIpc) is 3.20. The third kappa shape index (κ3) is 5.65. The number of hydrogen-bond donors (Lipinski definition) is 3. The van der Waals surface area contributed by atoms with Crippen LogP contribution in [0.15, 0.2) is 36.7 Å². The maximum absolute atomic E-state index is 13.7. The van der Waals surface area contributed by atoms with Crippen molar-refractivity contribution in [2.45, 2.75) is 70.1 Å². The van der Waals surface area contributed by atoms with Crippen LogP contribution in [0.5, 0.6) is 11.6 Å². The van der Waals surface area contributed by atoms with E-state index < -0.39 is 29.7 Å². The zero-order valence-electron chi connectivity index (χ0n) is 21.7. The number of primary amides is 1. The van der Waals surface area contributed by atoms with Gasteiger partial charge in [-0.2, -0.15) is 0 Å². The number of carbonyl (C=O) groups is 2. The maximum Gasteiger partial charge on any atom is 0.295 e. The van der Waals surface area contributed by atoms with Crippen LogP contribution in [-0.2, 0) is 0 Å². The molecule has 3 aromatic heterocycles. The van der Waals surface area contributed by atoms with E-state index in [0.29, 0.717) is 12.2 Å². The molecule has 3 heterocycles. The molecule has 2 fully saturated rings. The molecule has 39 heavy (non-hydrogen) atoms. The number of amides is 2. The number of nitrogens with one attached hydrogen (secondary N) is 1. The normalized spacial score (nSPS) is 22.4. The minimum atomic E-state index is -2.89. The SMILES string of the molecule is CC(C)(O)CCOc1ccc2c(C(=O)NC3CC4(C3)CC(Oc3ncccc3C(N)=O)C4)nc(C(F)F)n2c1. The van der Waals surface area contributed by atoms with Crippen molar-refractivity contribution >= 4 is 17.3 Å². The number of halogens is 2. The van der Waals surface area contributed by atoms with Crippen LogP contribution in [0.25, 0.3) is 5.52 Å². The van der Waals surface area contributed by atoms with Gasteiger partial charge in [0.25, 0.3) is 18.2 Å². The number of imidazole rings is 1. The van der Waals surface area contributed by atoms with E-state index >= 15 is 0 Å². The molecular formula is C27H31F2N5O5. The molecule has 0 radical (unpaired) electrons. The Morgan fingerprint density at radius 1 is 1.26 bits per heavy atom. The number of rotatable bonds is 10. The molecule has 0 unspecified atom stereocenters. The Bertz CT molecular complexity index is 1390. The third-order valence-electron chi connectivity index (χ3n) is 7.36. The summed E-state index contributed by atoms with van der Waals surface area (Å²) in [7, 11) is 0. The van der Waals surface area contributed by atoms with E-state index in [-0.39, 0.29) is 46.8 Å². The minimum absolute atomic E-state index is 0.0318. The summed E-state index contributed by atoms with van der Waals surface area (Å²) in [4.78, 5) is 32.7. The number of ether oxygens (including phenoxy) is 2. The average molecular weight is 544 g/mol. The molecule has 208 valence electrons. The first-order valence-corrected chi connectivity index (χ1v) is 12.8. The summed E-state index contributed by atoms with van der Waals surface area (Å²) < 4.78 is 40.1. The second-order valence-electron chi connectivity index (χ2n) is 11.1. The number of hydrogen-bond acceptors (Lipinski definition) is 7. The topological polar surface area (TPSA) is 141 Å². The summed E-state index contributed by atoms with van der Waals surface area (Å²) in [5.74, 6) is -1.11. The Hall–Kier alpha value is -3.80. The second kappa shape index (κ2) is 10.1. The molecule has 0 saturated heterocycles. The van der Waals surface area contributed by atoms with Crippen molar-refractivity contribution in [1.29, 1.82) is 0 Å². The Kier molecular flexibility index (Phi) is 6.91. The van der Waals surface area contributed by atoms with Crippen LogP contribution in [0.2, 0.25) is 0 Å². The lowest BCUT2D eigenvalue weighted by atomic mass is 9.53. The third-order valence-corrected chi connectivity index (χ3v) is 7.36. The van der Waals surface area contributed by atoms with Crippen molar-refractivity contribution in [2.75, 3.05) is 6.61 Å². The summed E-state index contributed by atoms with van der Waals surface area (Å²) in [6.07, 6.45) is 3.27. The number of nitrogens with zero attached hydrogens (tertiary/aromatic N) is 3. The van der Waals surface area contributed by atoms with Crippen molar-refractivity contribution < 1.29 is 33.0 Å². The molecular weight excluding hydrogens is 512 g/mol. The molecule has 2 amide bonds. The molecule has 0 bridgehead atoms. The van der Waals surface area contributed by atoms with E-state index in [1.807, 2.05) is 0 Å². The molecule has 0 aromatic carbocycles. The van der Waals surface area contributed by atoms with Crippen LogP contribution < -0.4 is 20.5 Å². The first-order chi connectivity index (χ1) is 18.4. The molecule has 5 rings (SSSR count). The summed E-state index contributed by atoms with van der Waals surface area (Å²) in [5, 5.41) is 12.8. The predicted molar refractivity (Wildman–Crippen MR) is 136 cm³/mol. The van der Waals surface area contributed by atoms with Gasteiger partial charge in [-0.05, 0) is 69.2 Å². The fourth-order valence-corrected chi connectivity index (χ4v) is 5.41. The second-order valence-corrected chi connectivity index (χ2v) is 11.1. The highest BCUT2D eigenvalue weighted by Gasteiger charge is 2.54. The van der Waals surface area contributed by atoms with Gasteiger partial charge in [-0.1, -0.05) is 0 Å². The lowest BCUT2D eigenvalue weighted by molar-refractivity contribution is -0.0848. The number of aromatic nitrogens is 3. The first-order valence-electron chi connectivity index (χ1n) is 12.8. The van der Waals surface area contributed by atoms with Crippen LogP contribution in [0.1, 0.15) is 79.0 Å². The van der Waals surface area contributed by atoms with Gasteiger partial charge in [0.2, 0.25) is 5.88 Å². The molecule has 2 aliphatic rings.